The number of fused-ring (bicyclic) bond motifs is 2. The third-order valence-electron chi connectivity index (χ3n) is 6.09. The van der Waals surface area contributed by atoms with E-state index in [4.69, 9.17) is 4.74 Å². The molecule has 2 aliphatic heterocycles. The van der Waals surface area contributed by atoms with Gasteiger partial charge in [0.15, 0.2) is 0 Å². The number of hydrogen-bond donors (Lipinski definition) is 1. The highest BCUT2D eigenvalue weighted by Crippen LogP contribution is 2.35. The van der Waals surface area contributed by atoms with Gasteiger partial charge in [0, 0.05) is 30.2 Å². The van der Waals surface area contributed by atoms with Gasteiger partial charge in [0.2, 0.25) is 0 Å². The number of amides is 1. The van der Waals surface area contributed by atoms with E-state index in [1.165, 1.54) is 37.0 Å². The summed E-state index contributed by atoms with van der Waals surface area (Å²) in [4.78, 5) is 15.1. The Balaban J connectivity index is 1.39. The molecule has 2 heterocycles. The van der Waals surface area contributed by atoms with Crippen LogP contribution in [-0.4, -0.2) is 36.0 Å². The molecule has 28 heavy (non-hydrogen) atoms. The number of nitrogens with zero attached hydrogens (tertiary/aromatic N) is 1. The van der Waals surface area contributed by atoms with E-state index in [2.05, 4.69) is 22.3 Å². The fourth-order valence-electron chi connectivity index (χ4n) is 4.67. The van der Waals surface area contributed by atoms with E-state index in [0.29, 0.717) is 17.6 Å². The molecule has 2 atom stereocenters. The zero-order chi connectivity index (χ0) is 19.5. The van der Waals surface area contributed by atoms with Crippen LogP contribution >= 0.6 is 0 Å². The fourth-order valence-corrected chi connectivity index (χ4v) is 4.67. The molecule has 2 bridgehead atoms. The predicted octanol–water partition coefficient (Wildman–Crippen LogP) is 4.15. The maximum absolute atomic E-state index is 13.1. The number of benzene rings is 2. The van der Waals surface area contributed by atoms with Crippen LogP contribution in [0.3, 0.4) is 0 Å². The van der Waals surface area contributed by atoms with Gasteiger partial charge in [0.1, 0.15) is 11.6 Å². The molecule has 2 aromatic carbocycles. The molecule has 2 saturated heterocycles. The van der Waals surface area contributed by atoms with Gasteiger partial charge in [0.25, 0.3) is 5.91 Å². The van der Waals surface area contributed by atoms with Crippen molar-refractivity contribution in [2.24, 2.45) is 0 Å². The quantitative estimate of drug-likeness (QED) is 0.845. The summed E-state index contributed by atoms with van der Waals surface area (Å²) < 4.78 is 18.3. The minimum atomic E-state index is -0.321. The molecule has 4 nitrogen and oxygen atoms in total. The molecule has 2 unspecified atom stereocenters. The number of methoxy groups -OCH3 is 1. The molecule has 0 radical (unpaired) electrons. The summed E-state index contributed by atoms with van der Waals surface area (Å²) in [5, 5.41) is 3.18. The number of hydrogen-bond acceptors (Lipinski definition) is 3. The third-order valence-corrected chi connectivity index (χ3v) is 6.09. The highest BCUT2D eigenvalue weighted by Gasteiger charge is 2.38. The smallest absolute Gasteiger partial charge is 0.251 e. The molecule has 2 fully saturated rings. The fraction of sp³-hybridized carbons (Fsp3) is 0.435. The van der Waals surface area contributed by atoms with E-state index in [0.717, 1.165) is 25.1 Å². The number of piperidine rings is 2. The molecular weight excluding hydrogens is 355 g/mol. The van der Waals surface area contributed by atoms with Crippen LogP contribution < -0.4 is 10.1 Å². The number of carbonyl (C=O) groups excluding carboxylic acids is 1. The number of nitrogens with one attached hydrogen (secondary N) is 1. The van der Waals surface area contributed by atoms with Crippen LogP contribution in [0.5, 0.6) is 5.75 Å². The van der Waals surface area contributed by atoms with Crippen molar-refractivity contribution < 1.29 is 13.9 Å². The van der Waals surface area contributed by atoms with Gasteiger partial charge in [0.05, 0.1) is 7.11 Å². The largest absolute Gasteiger partial charge is 0.497 e. The molecular formula is C23H27FN2O2. The van der Waals surface area contributed by atoms with Crippen molar-refractivity contribution in [3.63, 3.8) is 0 Å². The zero-order valence-corrected chi connectivity index (χ0v) is 16.2. The Morgan fingerprint density at radius 2 is 1.71 bits per heavy atom. The van der Waals surface area contributed by atoms with Crippen molar-refractivity contribution in [1.29, 1.82) is 0 Å². The number of rotatable bonds is 5. The van der Waals surface area contributed by atoms with Gasteiger partial charge in [-0.05, 0) is 67.6 Å². The van der Waals surface area contributed by atoms with E-state index in [1.54, 1.807) is 19.2 Å². The van der Waals surface area contributed by atoms with E-state index in [1.807, 2.05) is 12.1 Å². The molecule has 5 heteroatoms. The summed E-state index contributed by atoms with van der Waals surface area (Å²) in [6.45, 7) is 0.942. The van der Waals surface area contributed by atoms with Crippen molar-refractivity contribution in [3.8, 4) is 5.75 Å². The number of halogens is 1. The lowest BCUT2D eigenvalue weighted by molar-refractivity contribution is 0.0177. The Morgan fingerprint density at radius 3 is 2.32 bits per heavy atom. The van der Waals surface area contributed by atoms with Crippen LogP contribution in [0.15, 0.2) is 48.5 Å². The van der Waals surface area contributed by atoms with Crippen LogP contribution in [0.1, 0.15) is 48.0 Å². The number of ether oxygens (including phenoxy) is 1. The maximum Gasteiger partial charge on any atom is 0.251 e. The summed E-state index contributed by atoms with van der Waals surface area (Å²) in [6, 6.07) is 15.2. The molecule has 0 aliphatic carbocycles. The first-order valence-corrected chi connectivity index (χ1v) is 10.1. The molecule has 2 aliphatic rings. The molecule has 1 N–H and O–H groups in total. The zero-order valence-electron chi connectivity index (χ0n) is 16.2. The summed E-state index contributed by atoms with van der Waals surface area (Å²) >= 11 is 0. The molecule has 0 spiro atoms. The molecule has 0 aromatic heterocycles. The third kappa shape index (κ3) is 4.20. The van der Waals surface area contributed by atoms with Crippen molar-refractivity contribution >= 4 is 5.91 Å². The molecule has 4 rings (SSSR count). The lowest BCUT2D eigenvalue weighted by Gasteiger charge is -2.49. The molecule has 0 saturated carbocycles. The van der Waals surface area contributed by atoms with E-state index in [-0.39, 0.29) is 17.8 Å². The van der Waals surface area contributed by atoms with Crippen LogP contribution in [0, 0.1) is 5.82 Å². The van der Waals surface area contributed by atoms with Gasteiger partial charge < -0.3 is 10.1 Å². The van der Waals surface area contributed by atoms with E-state index < -0.39 is 0 Å². The van der Waals surface area contributed by atoms with Crippen LogP contribution in [0.4, 0.5) is 4.39 Å². The highest BCUT2D eigenvalue weighted by atomic mass is 19.1. The lowest BCUT2D eigenvalue weighted by Crippen LogP contribution is -2.56. The Kier molecular flexibility index (Phi) is 5.62. The van der Waals surface area contributed by atoms with Crippen LogP contribution in [0.2, 0.25) is 0 Å². The normalized spacial score (nSPS) is 24.6. The average Bonchev–Trinajstić information content (AvgIpc) is 2.69. The Bertz CT molecular complexity index is 792. The van der Waals surface area contributed by atoms with Crippen LogP contribution in [-0.2, 0) is 6.54 Å². The monoisotopic (exact) mass is 382 g/mol. The van der Waals surface area contributed by atoms with Gasteiger partial charge in [-0.3, -0.25) is 9.69 Å². The summed E-state index contributed by atoms with van der Waals surface area (Å²) in [6.07, 6.45) is 5.55. The SMILES string of the molecule is COc1ccc(CN2C3CCCC2CC(NC(=O)c2ccc(F)cc2)C3)cc1. The first-order valence-electron chi connectivity index (χ1n) is 10.1. The van der Waals surface area contributed by atoms with Gasteiger partial charge in [-0.25, -0.2) is 4.39 Å². The first kappa shape index (κ1) is 18.9. The van der Waals surface area contributed by atoms with Crippen molar-refractivity contribution in [1.82, 2.24) is 10.2 Å². The second-order valence-electron chi connectivity index (χ2n) is 7.91. The van der Waals surface area contributed by atoms with Gasteiger partial charge in [-0.1, -0.05) is 18.6 Å². The minimum absolute atomic E-state index is 0.105. The first-order chi connectivity index (χ1) is 13.6. The summed E-state index contributed by atoms with van der Waals surface area (Å²) in [5.41, 5.74) is 1.82. The summed E-state index contributed by atoms with van der Waals surface area (Å²) in [5.74, 6) is 0.454. The van der Waals surface area contributed by atoms with E-state index in [9.17, 15) is 9.18 Å². The van der Waals surface area contributed by atoms with Crippen molar-refractivity contribution in [3.05, 3.63) is 65.5 Å². The lowest BCUT2D eigenvalue weighted by atomic mass is 9.81. The Morgan fingerprint density at radius 1 is 1.07 bits per heavy atom. The Labute approximate surface area is 165 Å². The summed E-state index contributed by atoms with van der Waals surface area (Å²) in [7, 11) is 1.68. The van der Waals surface area contributed by atoms with Crippen molar-refractivity contribution in [2.45, 2.75) is 56.8 Å². The second-order valence-corrected chi connectivity index (χ2v) is 7.91. The standard InChI is InChI=1S/C23H27FN2O2/c1-28-22-11-5-16(6-12-22)15-26-20-3-2-4-21(26)14-19(13-20)25-23(27)17-7-9-18(24)10-8-17/h5-12,19-21H,2-4,13-15H2,1H3,(H,25,27). The van der Waals surface area contributed by atoms with Gasteiger partial charge in [-0.15, -0.1) is 0 Å². The van der Waals surface area contributed by atoms with Gasteiger partial charge in [-0.2, -0.15) is 0 Å². The second kappa shape index (κ2) is 8.31. The van der Waals surface area contributed by atoms with Crippen LogP contribution in [0.25, 0.3) is 0 Å². The number of carbonyl (C=O) groups is 1. The maximum atomic E-state index is 13.1. The topological polar surface area (TPSA) is 41.6 Å². The average molecular weight is 382 g/mol. The molecule has 1 amide bonds. The predicted molar refractivity (Wildman–Crippen MR) is 107 cm³/mol. The Hall–Kier alpha value is -2.40. The van der Waals surface area contributed by atoms with Gasteiger partial charge >= 0.3 is 0 Å². The molecule has 148 valence electrons. The minimum Gasteiger partial charge on any atom is -0.497 e. The van der Waals surface area contributed by atoms with E-state index >= 15 is 0 Å². The van der Waals surface area contributed by atoms with Crippen molar-refractivity contribution in [2.75, 3.05) is 7.11 Å². The molecule has 2 aromatic rings. The highest BCUT2D eigenvalue weighted by molar-refractivity contribution is 5.94.